The quantitative estimate of drug-likeness (QED) is 0.601. The summed E-state index contributed by atoms with van der Waals surface area (Å²) in [6, 6.07) is 7.37. The summed E-state index contributed by atoms with van der Waals surface area (Å²) in [6.45, 7) is 3.60. The van der Waals surface area contributed by atoms with E-state index in [0.29, 0.717) is 42.3 Å². The molecule has 7 nitrogen and oxygen atoms in total. The Morgan fingerprint density at radius 3 is 2.45 bits per heavy atom. The number of hydrogen-bond acceptors (Lipinski definition) is 6. The summed E-state index contributed by atoms with van der Waals surface area (Å²) >= 11 is 0. The Morgan fingerprint density at radius 2 is 1.81 bits per heavy atom. The van der Waals surface area contributed by atoms with Crippen molar-refractivity contribution in [1.82, 2.24) is 24.2 Å². The molecule has 0 bridgehead atoms. The number of nitrogens with zero attached hydrogens (tertiary/aromatic N) is 5. The van der Waals surface area contributed by atoms with Gasteiger partial charge in [-0.15, -0.1) is 0 Å². The standard InChI is InChI=1S/C21H21F2N5O2S/c1-15-20(13-25-21(26-15)17-3-2-6-24-12-17)31(29,30)28-9-7-27(8-10-28)14-16-4-5-18(22)19(23)11-16/h2-6,11-13H,7-10,14H2,1H3. The van der Waals surface area contributed by atoms with Crippen molar-refractivity contribution in [3.63, 3.8) is 0 Å². The molecule has 0 aliphatic carbocycles. The predicted molar refractivity (Wildman–Crippen MR) is 110 cm³/mol. The fraction of sp³-hybridized carbons (Fsp3) is 0.286. The largest absolute Gasteiger partial charge is 0.296 e. The monoisotopic (exact) mass is 445 g/mol. The molecule has 0 unspecified atom stereocenters. The summed E-state index contributed by atoms with van der Waals surface area (Å²) in [4.78, 5) is 14.7. The fourth-order valence-electron chi connectivity index (χ4n) is 3.51. The zero-order valence-corrected chi connectivity index (χ0v) is 17.7. The maximum absolute atomic E-state index is 13.4. The number of aryl methyl sites for hydroxylation is 1. The molecule has 0 atom stereocenters. The third-order valence-electron chi connectivity index (χ3n) is 5.19. The van der Waals surface area contributed by atoms with Crippen molar-refractivity contribution in [2.75, 3.05) is 26.2 Å². The van der Waals surface area contributed by atoms with Gasteiger partial charge in [0.05, 0.1) is 11.9 Å². The molecule has 1 aromatic carbocycles. The third kappa shape index (κ3) is 4.60. The highest BCUT2D eigenvalue weighted by Gasteiger charge is 2.30. The lowest BCUT2D eigenvalue weighted by molar-refractivity contribution is 0.181. The Labute approximate surface area is 179 Å². The highest BCUT2D eigenvalue weighted by molar-refractivity contribution is 7.89. The molecule has 0 spiro atoms. The molecule has 10 heteroatoms. The zero-order chi connectivity index (χ0) is 22.0. The first-order valence-electron chi connectivity index (χ1n) is 9.75. The molecule has 0 amide bonds. The van der Waals surface area contributed by atoms with Crippen LogP contribution in [0.2, 0.25) is 0 Å². The molecule has 2 aromatic heterocycles. The van der Waals surface area contributed by atoms with Gasteiger partial charge in [-0.2, -0.15) is 4.31 Å². The van der Waals surface area contributed by atoms with Crippen molar-refractivity contribution in [2.24, 2.45) is 0 Å². The Kier molecular flexibility index (Phi) is 6.03. The summed E-state index contributed by atoms with van der Waals surface area (Å²) < 4.78 is 54.2. The van der Waals surface area contributed by atoms with Gasteiger partial charge in [0, 0.05) is 50.7 Å². The van der Waals surface area contributed by atoms with E-state index in [2.05, 4.69) is 15.0 Å². The van der Waals surface area contributed by atoms with Gasteiger partial charge in [0.25, 0.3) is 0 Å². The van der Waals surface area contributed by atoms with Crippen LogP contribution in [0.1, 0.15) is 11.3 Å². The van der Waals surface area contributed by atoms with E-state index in [4.69, 9.17) is 0 Å². The average molecular weight is 445 g/mol. The van der Waals surface area contributed by atoms with Crippen molar-refractivity contribution >= 4 is 10.0 Å². The molecule has 31 heavy (non-hydrogen) atoms. The van der Waals surface area contributed by atoms with Crippen LogP contribution in [0.25, 0.3) is 11.4 Å². The number of benzene rings is 1. The first-order chi connectivity index (χ1) is 14.8. The molecule has 1 saturated heterocycles. The minimum absolute atomic E-state index is 0.0780. The highest BCUT2D eigenvalue weighted by atomic mass is 32.2. The smallest absolute Gasteiger partial charge is 0.246 e. The van der Waals surface area contributed by atoms with Crippen LogP contribution in [0.15, 0.2) is 53.8 Å². The fourth-order valence-corrected chi connectivity index (χ4v) is 5.03. The van der Waals surface area contributed by atoms with Crippen LogP contribution in [-0.2, 0) is 16.6 Å². The van der Waals surface area contributed by atoms with E-state index in [9.17, 15) is 17.2 Å². The van der Waals surface area contributed by atoms with E-state index in [1.807, 2.05) is 11.0 Å². The molecule has 3 aromatic rings. The van der Waals surface area contributed by atoms with E-state index >= 15 is 0 Å². The van der Waals surface area contributed by atoms with Crippen LogP contribution < -0.4 is 0 Å². The number of pyridine rings is 1. The van der Waals surface area contributed by atoms with Gasteiger partial charge in [-0.1, -0.05) is 6.07 Å². The lowest BCUT2D eigenvalue weighted by atomic mass is 10.2. The summed E-state index contributed by atoms with van der Waals surface area (Å²) in [5, 5.41) is 0. The number of aromatic nitrogens is 3. The second-order valence-corrected chi connectivity index (χ2v) is 9.22. The van der Waals surface area contributed by atoms with Crippen molar-refractivity contribution in [3.8, 4) is 11.4 Å². The van der Waals surface area contributed by atoms with Crippen molar-refractivity contribution in [1.29, 1.82) is 0 Å². The molecule has 1 aliphatic rings. The van der Waals surface area contributed by atoms with Crippen molar-refractivity contribution < 1.29 is 17.2 Å². The molecule has 3 heterocycles. The second kappa shape index (κ2) is 8.74. The SMILES string of the molecule is Cc1nc(-c2cccnc2)ncc1S(=O)(=O)N1CCN(Cc2ccc(F)c(F)c2)CC1. The van der Waals surface area contributed by atoms with Crippen molar-refractivity contribution in [3.05, 3.63) is 71.8 Å². The molecule has 4 rings (SSSR count). The van der Waals surface area contributed by atoms with Gasteiger partial charge in [0.2, 0.25) is 10.0 Å². The van der Waals surface area contributed by atoms with Gasteiger partial charge in [0.15, 0.2) is 17.5 Å². The molecule has 1 aliphatic heterocycles. The number of halogens is 2. The molecule has 0 radical (unpaired) electrons. The maximum Gasteiger partial charge on any atom is 0.246 e. The molecule has 162 valence electrons. The number of sulfonamides is 1. The van der Waals surface area contributed by atoms with Crippen LogP contribution in [0.4, 0.5) is 8.78 Å². The van der Waals surface area contributed by atoms with Gasteiger partial charge in [-0.05, 0) is 36.8 Å². The summed E-state index contributed by atoms with van der Waals surface area (Å²) in [7, 11) is -3.74. The van der Waals surface area contributed by atoms with Gasteiger partial charge >= 0.3 is 0 Å². The van der Waals surface area contributed by atoms with E-state index in [-0.39, 0.29) is 18.0 Å². The molecular weight excluding hydrogens is 424 g/mol. The van der Waals surface area contributed by atoms with Crippen LogP contribution >= 0.6 is 0 Å². The van der Waals surface area contributed by atoms with Crippen molar-refractivity contribution in [2.45, 2.75) is 18.4 Å². The minimum Gasteiger partial charge on any atom is -0.296 e. The normalized spacial score (nSPS) is 15.8. The van der Waals surface area contributed by atoms with Crippen LogP contribution in [0.5, 0.6) is 0 Å². The Balaban J connectivity index is 1.44. The number of piperazine rings is 1. The first kappa shape index (κ1) is 21.4. The summed E-state index contributed by atoms with van der Waals surface area (Å²) in [5.41, 5.74) is 1.73. The lowest BCUT2D eigenvalue weighted by Gasteiger charge is -2.34. The van der Waals surface area contributed by atoms with Crippen LogP contribution in [-0.4, -0.2) is 58.8 Å². The topological polar surface area (TPSA) is 79.3 Å². The molecule has 0 N–H and O–H groups in total. The Morgan fingerprint density at radius 1 is 1.03 bits per heavy atom. The lowest BCUT2D eigenvalue weighted by Crippen LogP contribution is -2.48. The first-order valence-corrected chi connectivity index (χ1v) is 11.2. The maximum atomic E-state index is 13.4. The van der Waals surface area contributed by atoms with Gasteiger partial charge in [-0.3, -0.25) is 9.88 Å². The summed E-state index contributed by atoms with van der Waals surface area (Å²) in [6.07, 6.45) is 4.60. The van der Waals surface area contributed by atoms with E-state index in [1.165, 1.54) is 22.6 Å². The predicted octanol–water partition coefficient (Wildman–Crippen LogP) is 2.63. The third-order valence-corrected chi connectivity index (χ3v) is 7.19. The highest BCUT2D eigenvalue weighted by Crippen LogP contribution is 2.22. The molecule has 0 saturated carbocycles. The average Bonchev–Trinajstić information content (AvgIpc) is 2.77. The van der Waals surface area contributed by atoms with Gasteiger partial charge in [0.1, 0.15) is 4.90 Å². The molecular formula is C21H21F2N5O2S. The Bertz CT molecular complexity index is 1180. The summed E-state index contributed by atoms with van der Waals surface area (Å²) in [5.74, 6) is -1.35. The minimum atomic E-state index is -3.74. The van der Waals surface area contributed by atoms with E-state index in [0.717, 1.165) is 6.07 Å². The van der Waals surface area contributed by atoms with Crippen LogP contribution in [0.3, 0.4) is 0 Å². The molecule has 1 fully saturated rings. The van der Waals surface area contributed by atoms with Gasteiger partial charge in [-0.25, -0.2) is 27.2 Å². The van der Waals surface area contributed by atoms with Gasteiger partial charge < -0.3 is 0 Å². The zero-order valence-electron chi connectivity index (χ0n) is 16.9. The van der Waals surface area contributed by atoms with E-state index < -0.39 is 21.7 Å². The Hall–Kier alpha value is -2.82. The number of rotatable bonds is 5. The second-order valence-electron chi connectivity index (χ2n) is 7.31. The van der Waals surface area contributed by atoms with E-state index in [1.54, 1.807) is 25.4 Å². The van der Waals surface area contributed by atoms with Crippen LogP contribution in [0, 0.1) is 18.6 Å². The number of hydrogen-bond donors (Lipinski definition) is 0.